The van der Waals surface area contributed by atoms with E-state index in [1.165, 1.54) is 30.3 Å². The number of hydrogen-bond donors (Lipinski definition) is 2. The van der Waals surface area contributed by atoms with E-state index in [0.29, 0.717) is 11.3 Å². The molecule has 2 N–H and O–H groups in total. The van der Waals surface area contributed by atoms with Gasteiger partial charge in [0.15, 0.2) is 0 Å². The second kappa shape index (κ2) is 8.32. The summed E-state index contributed by atoms with van der Waals surface area (Å²) >= 11 is 1.07. The maximum Gasteiger partial charge on any atom is 0.273 e. The van der Waals surface area contributed by atoms with Gasteiger partial charge in [-0.2, -0.15) is 5.10 Å². The summed E-state index contributed by atoms with van der Waals surface area (Å²) in [6, 6.07) is 15.1. The summed E-state index contributed by atoms with van der Waals surface area (Å²) in [7, 11) is -3.79. The molecule has 144 valence electrons. The van der Waals surface area contributed by atoms with E-state index in [2.05, 4.69) is 15.2 Å². The molecule has 0 saturated heterocycles. The molecule has 6 nitrogen and oxygen atoms in total. The smallest absolute Gasteiger partial charge is 0.273 e. The molecule has 0 spiro atoms. The van der Waals surface area contributed by atoms with Crippen LogP contribution in [0.15, 0.2) is 75.4 Å². The zero-order chi connectivity index (χ0) is 20.1. The van der Waals surface area contributed by atoms with Crippen LogP contribution in [-0.4, -0.2) is 20.0 Å². The quantitative estimate of drug-likeness (QED) is 0.472. The lowest BCUT2D eigenvalue weighted by Gasteiger charge is -2.11. The minimum Gasteiger partial charge on any atom is -0.278 e. The third-order valence-electron chi connectivity index (χ3n) is 3.74. The normalized spacial score (nSPS) is 11.9. The third kappa shape index (κ3) is 4.62. The molecule has 1 heterocycles. The van der Waals surface area contributed by atoms with E-state index in [-0.39, 0.29) is 15.5 Å². The molecule has 3 aromatic rings. The van der Waals surface area contributed by atoms with Gasteiger partial charge < -0.3 is 0 Å². The van der Waals surface area contributed by atoms with Crippen molar-refractivity contribution in [3.05, 3.63) is 83.0 Å². The van der Waals surface area contributed by atoms with Gasteiger partial charge in [-0.3, -0.25) is 9.52 Å². The maximum atomic E-state index is 13.3. The number of halogens is 1. The number of hydrogen-bond acceptors (Lipinski definition) is 5. The Hall–Kier alpha value is -3.04. The van der Waals surface area contributed by atoms with Gasteiger partial charge in [0.05, 0.1) is 17.0 Å². The van der Waals surface area contributed by atoms with Crippen LogP contribution in [0.5, 0.6) is 0 Å². The van der Waals surface area contributed by atoms with E-state index in [0.717, 1.165) is 11.3 Å². The molecule has 3 rings (SSSR count). The molecule has 9 heteroatoms. The predicted molar refractivity (Wildman–Crippen MR) is 108 cm³/mol. The van der Waals surface area contributed by atoms with Gasteiger partial charge in [0, 0.05) is 5.56 Å². The summed E-state index contributed by atoms with van der Waals surface area (Å²) in [5.41, 5.74) is 3.54. The number of amides is 1. The Labute approximate surface area is 165 Å². The SMILES string of the molecule is C/C(=N\NC(=O)c1ccccc1NS(=O)(=O)c1cccs1)c1cccc(F)c1. The molecular formula is C19H16FN3O3S2. The summed E-state index contributed by atoms with van der Waals surface area (Å²) in [4.78, 5) is 12.5. The topological polar surface area (TPSA) is 87.6 Å². The fraction of sp³-hybridized carbons (Fsp3) is 0.0526. The summed E-state index contributed by atoms with van der Waals surface area (Å²) in [5, 5.41) is 5.62. The van der Waals surface area contributed by atoms with Gasteiger partial charge in [0.25, 0.3) is 15.9 Å². The number of anilines is 1. The zero-order valence-electron chi connectivity index (χ0n) is 14.7. The van der Waals surface area contributed by atoms with E-state index >= 15 is 0 Å². The molecule has 2 aromatic carbocycles. The molecule has 0 aliphatic rings. The second-order valence-corrected chi connectivity index (χ2v) is 8.59. The van der Waals surface area contributed by atoms with Crippen LogP contribution in [0.2, 0.25) is 0 Å². The van der Waals surface area contributed by atoms with Crippen LogP contribution in [-0.2, 0) is 10.0 Å². The van der Waals surface area contributed by atoms with E-state index in [4.69, 9.17) is 0 Å². The molecule has 0 aliphatic carbocycles. The summed E-state index contributed by atoms with van der Waals surface area (Å²) in [5.74, 6) is -1.01. The summed E-state index contributed by atoms with van der Waals surface area (Å²) in [6.07, 6.45) is 0. The molecule has 0 atom stereocenters. The molecule has 0 bridgehead atoms. The van der Waals surface area contributed by atoms with Crippen molar-refractivity contribution in [3.63, 3.8) is 0 Å². The highest BCUT2D eigenvalue weighted by Crippen LogP contribution is 2.22. The van der Waals surface area contributed by atoms with Crippen molar-refractivity contribution in [2.45, 2.75) is 11.1 Å². The van der Waals surface area contributed by atoms with Crippen molar-refractivity contribution in [1.82, 2.24) is 5.43 Å². The van der Waals surface area contributed by atoms with Crippen LogP contribution in [0, 0.1) is 5.82 Å². The van der Waals surface area contributed by atoms with E-state index in [1.807, 2.05) is 0 Å². The zero-order valence-corrected chi connectivity index (χ0v) is 16.4. The van der Waals surface area contributed by atoms with Crippen molar-refractivity contribution in [3.8, 4) is 0 Å². The number of thiophene rings is 1. The molecule has 0 radical (unpaired) electrons. The van der Waals surface area contributed by atoms with Crippen molar-refractivity contribution in [1.29, 1.82) is 0 Å². The number of benzene rings is 2. The van der Waals surface area contributed by atoms with Gasteiger partial charge in [-0.25, -0.2) is 18.2 Å². The van der Waals surface area contributed by atoms with Crippen LogP contribution in [0.1, 0.15) is 22.8 Å². The van der Waals surface area contributed by atoms with Gasteiger partial charge in [-0.05, 0) is 42.6 Å². The second-order valence-electron chi connectivity index (χ2n) is 5.73. The third-order valence-corrected chi connectivity index (χ3v) is 6.51. The first-order chi connectivity index (χ1) is 13.4. The van der Waals surface area contributed by atoms with Gasteiger partial charge in [-0.15, -0.1) is 11.3 Å². The highest BCUT2D eigenvalue weighted by molar-refractivity contribution is 7.94. The monoisotopic (exact) mass is 417 g/mol. The number of nitrogens with one attached hydrogen (secondary N) is 2. The highest BCUT2D eigenvalue weighted by Gasteiger charge is 2.19. The number of nitrogens with zero attached hydrogens (tertiary/aromatic N) is 1. The van der Waals surface area contributed by atoms with Gasteiger partial charge >= 0.3 is 0 Å². The van der Waals surface area contributed by atoms with Crippen molar-refractivity contribution in [2.24, 2.45) is 5.10 Å². The van der Waals surface area contributed by atoms with Crippen LogP contribution in [0.3, 0.4) is 0 Å². The first-order valence-corrected chi connectivity index (χ1v) is 10.5. The van der Waals surface area contributed by atoms with Gasteiger partial charge in [0.1, 0.15) is 10.0 Å². The Bertz CT molecular complexity index is 1130. The Morgan fingerprint density at radius 1 is 1.07 bits per heavy atom. The first-order valence-electron chi connectivity index (χ1n) is 8.13. The Morgan fingerprint density at radius 2 is 1.86 bits per heavy atom. The Balaban J connectivity index is 1.80. The minimum atomic E-state index is -3.79. The highest BCUT2D eigenvalue weighted by atomic mass is 32.2. The molecular weight excluding hydrogens is 401 g/mol. The predicted octanol–water partition coefficient (Wildman–Crippen LogP) is 3.84. The van der Waals surface area contributed by atoms with Crippen molar-refractivity contribution >= 4 is 38.7 Å². The molecule has 28 heavy (non-hydrogen) atoms. The molecule has 0 saturated carbocycles. The number of carbonyl (C=O) groups is 1. The van der Waals surface area contributed by atoms with Gasteiger partial charge in [0.2, 0.25) is 0 Å². The molecule has 1 amide bonds. The number of hydrazone groups is 1. The fourth-order valence-corrected chi connectivity index (χ4v) is 4.43. The van der Waals surface area contributed by atoms with Crippen molar-refractivity contribution in [2.75, 3.05) is 4.72 Å². The standard InChI is InChI=1S/C19H16FN3O3S2/c1-13(14-6-4-7-15(20)12-14)21-22-19(24)16-8-2-3-9-17(16)23-28(25,26)18-10-5-11-27-18/h2-12,23H,1H3,(H,22,24)/b21-13+. The lowest BCUT2D eigenvalue weighted by molar-refractivity contribution is 0.0955. The average Bonchev–Trinajstić information content (AvgIpc) is 3.22. The molecule has 1 aromatic heterocycles. The lowest BCUT2D eigenvalue weighted by Crippen LogP contribution is -2.22. The van der Waals surface area contributed by atoms with Crippen LogP contribution < -0.4 is 10.1 Å². The van der Waals surface area contributed by atoms with E-state index in [9.17, 15) is 17.6 Å². The molecule has 0 unspecified atom stereocenters. The molecule has 0 fully saturated rings. The summed E-state index contributed by atoms with van der Waals surface area (Å²) < 4.78 is 40.7. The average molecular weight is 417 g/mol. The first kappa shape index (κ1) is 19.7. The van der Waals surface area contributed by atoms with Crippen LogP contribution in [0.4, 0.5) is 10.1 Å². The summed E-state index contributed by atoms with van der Waals surface area (Å²) in [6.45, 7) is 1.63. The molecule has 0 aliphatic heterocycles. The Morgan fingerprint density at radius 3 is 2.57 bits per heavy atom. The van der Waals surface area contributed by atoms with E-state index in [1.54, 1.807) is 42.6 Å². The minimum absolute atomic E-state index is 0.110. The van der Waals surface area contributed by atoms with E-state index < -0.39 is 21.7 Å². The largest absolute Gasteiger partial charge is 0.278 e. The number of carbonyl (C=O) groups excluding carboxylic acids is 1. The fourth-order valence-electron chi connectivity index (χ4n) is 2.35. The van der Waals surface area contributed by atoms with Crippen LogP contribution in [0.25, 0.3) is 0 Å². The Kier molecular flexibility index (Phi) is 5.86. The van der Waals surface area contributed by atoms with Gasteiger partial charge in [-0.1, -0.05) is 30.3 Å². The lowest BCUT2D eigenvalue weighted by atomic mass is 10.1. The van der Waals surface area contributed by atoms with Crippen LogP contribution >= 0.6 is 11.3 Å². The number of para-hydroxylation sites is 1. The van der Waals surface area contributed by atoms with Crippen molar-refractivity contribution < 1.29 is 17.6 Å². The number of sulfonamides is 1. The maximum absolute atomic E-state index is 13.3. The number of rotatable bonds is 6.